The van der Waals surface area contributed by atoms with E-state index in [4.69, 9.17) is 0 Å². The predicted molar refractivity (Wildman–Crippen MR) is 94.3 cm³/mol. The molecule has 0 unspecified atom stereocenters. The first kappa shape index (κ1) is 17.1. The van der Waals surface area contributed by atoms with Gasteiger partial charge in [0, 0.05) is 12.8 Å². The third kappa shape index (κ3) is 4.86. The van der Waals surface area contributed by atoms with Gasteiger partial charge < -0.3 is 5.32 Å². The molecule has 0 fully saturated rings. The lowest BCUT2D eigenvalue weighted by atomic mass is 10.1. The van der Waals surface area contributed by atoms with E-state index in [-0.39, 0.29) is 5.91 Å². The normalized spacial score (nSPS) is 11.6. The highest BCUT2D eigenvalue weighted by molar-refractivity contribution is 7.99. The lowest BCUT2D eigenvalue weighted by molar-refractivity contribution is -0.119. The van der Waals surface area contributed by atoms with E-state index in [2.05, 4.69) is 29.7 Å². The van der Waals surface area contributed by atoms with Crippen LogP contribution in [0, 0.1) is 6.92 Å². The third-order valence-electron chi connectivity index (χ3n) is 3.47. The Morgan fingerprint density at radius 1 is 1.04 bits per heavy atom. The van der Waals surface area contributed by atoms with Crippen LogP contribution >= 0.6 is 11.8 Å². The number of nitrogens with one attached hydrogen (secondary N) is 2. The van der Waals surface area contributed by atoms with Crippen LogP contribution in [-0.2, 0) is 10.5 Å². The van der Waals surface area contributed by atoms with Crippen LogP contribution in [0.2, 0.25) is 0 Å². The number of hydrogen-bond acceptors (Lipinski definition) is 3. The van der Waals surface area contributed by atoms with Crippen molar-refractivity contribution in [3.63, 3.8) is 0 Å². The molecule has 0 radical (unpaired) electrons. The molecule has 4 nitrogen and oxygen atoms in total. The van der Waals surface area contributed by atoms with E-state index >= 15 is 0 Å². The van der Waals surface area contributed by atoms with E-state index in [0.717, 1.165) is 5.56 Å². The first-order valence-electron chi connectivity index (χ1n) is 7.35. The van der Waals surface area contributed by atoms with Gasteiger partial charge in [0.1, 0.15) is 5.25 Å². The van der Waals surface area contributed by atoms with Crippen LogP contribution in [0.4, 0.5) is 4.79 Å². The van der Waals surface area contributed by atoms with E-state index in [0.29, 0.717) is 5.75 Å². The van der Waals surface area contributed by atoms with Crippen LogP contribution in [0.5, 0.6) is 0 Å². The summed E-state index contributed by atoms with van der Waals surface area (Å²) in [6.45, 7) is 2.05. The van der Waals surface area contributed by atoms with E-state index in [1.807, 2.05) is 42.5 Å². The highest BCUT2D eigenvalue weighted by atomic mass is 32.2. The Kier molecular flexibility index (Phi) is 6.23. The van der Waals surface area contributed by atoms with Crippen molar-refractivity contribution in [3.8, 4) is 0 Å². The van der Waals surface area contributed by atoms with Gasteiger partial charge in [-0.3, -0.25) is 10.1 Å². The minimum atomic E-state index is -0.493. The first-order chi connectivity index (χ1) is 11.1. The van der Waals surface area contributed by atoms with Crippen molar-refractivity contribution in [1.29, 1.82) is 0 Å². The van der Waals surface area contributed by atoms with Gasteiger partial charge in [0.25, 0.3) is 0 Å². The quantitative estimate of drug-likeness (QED) is 0.884. The summed E-state index contributed by atoms with van der Waals surface area (Å²) in [6.07, 6.45) is 0. The van der Waals surface area contributed by atoms with Crippen LogP contribution < -0.4 is 10.6 Å². The average Bonchev–Trinajstić information content (AvgIpc) is 2.57. The molecule has 2 aromatic rings. The van der Waals surface area contributed by atoms with Crippen molar-refractivity contribution in [1.82, 2.24) is 10.6 Å². The molecular weight excluding hydrogens is 308 g/mol. The van der Waals surface area contributed by atoms with Gasteiger partial charge in [-0.25, -0.2) is 4.79 Å². The Morgan fingerprint density at radius 3 is 2.35 bits per heavy atom. The molecule has 0 spiro atoms. The van der Waals surface area contributed by atoms with Gasteiger partial charge in [0.05, 0.1) is 0 Å². The van der Waals surface area contributed by atoms with Crippen LogP contribution in [0.15, 0.2) is 54.6 Å². The molecule has 5 heteroatoms. The van der Waals surface area contributed by atoms with Gasteiger partial charge in [-0.2, -0.15) is 0 Å². The second-order valence-electron chi connectivity index (χ2n) is 5.10. The van der Waals surface area contributed by atoms with E-state index in [9.17, 15) is 9.59 Å². The van der Waals surface area contributed by atoms with Gasteiger partial charge >= 0.3 is 6.03 Å². The molecule has 0 aliphatic rings. The Hall–Kier alpha value is -2.27. The Bertz CT molecular complexity index is 674. The fraction of sp³-hybridized carbons (Fsp3) is 0.222. The number of urea groups is 1. The Balaban J connectivity index is 2.15. The molecule has 0 aromatic heterocycles. The topological polar surface area (TPSA) is 58.2 Å². The summed E-state index contributed by atoms with van der Waals surface area (Å²) < 4.78 is 0. The number of carbonyl (C=O) groups excluding carboxylic acids is 2. The highest BCUT2D eigenvalue weighted by Gasteiger charge is 2.22. The van der Waals surface area contributed by atoms with Crippen LogP contribution in [0.25, 0.3) is 0 Å². The molecule has 0 saturated carbocycles. The number of amides is 3. The van der Waals surface area contributed by atoms with Gasteiger partial charge in [-0.1, -0.05) is 54.6 Å². The summed E-state index contributed by atoms with van der Waals surface area (Å²) in [6, 6.07) is 17.1. The molecule has 0 aliphatic heterocycles. The van der Waals surface area contributed by atoms with Crippen molar-refractivity contribution in [2.75, 3.05) is 7.05 Å². The zero-order valence-corrected chi connectivity index (χ0v) is 14.0. The van der Waals surface area contributed by atoms with E-state index in [1.165, 1.54) is 29.9 Å². The smallest absolute Gasteiger partial charge is 0.321 e. The summed E-state index contributed by atoms with van der Waals surface area (Å²) in [5.74, 6) is 0.391. The van der Waals surface area contributed by atoms with Gasteiger partial charge in [-0.15, -0.1) is 11.8 Å². The number of aryl methyl sites for hydroxylation is 1. The molecule has 2 N–H and O–H groups in total. The van der Waals surface area contributed by atoms with Crippen molar-refractivity contribution >= 4 is 23.7 Å². The highest BCUT2D eigenvalue weighted by Crippen LogP contribution is 2.32. The molecule has 2 aromatic carbocycles. The number of hydrogen-bond donors (Lipinski definition) is 2. The Morgan fingerprint density at radius 2 is 1.70 bits per heavy atom. The zero-order chi connectivity index (χ0) is 16.7. The summed E-state index contributed by atoms with van der Waals surface area (Å²) in [7, 11) is 1.49. The third-order valence-corrected chi connectivity index (χ3v) is 4.77. The maximum atomic E-state index is 12.4. The van der Waals surface area contributed by atoms with Crippen LogP contribution in [0.3, 0.4) is 0 Å². The standard InChI is InChI=1S/C18H20N2O2S/c1-13-8-6-7-11-15(13)12-23-16(14-9-4-3-5-10-14)17(21)20-18(22)19-2/h3-11,16H,12H2,1-2H3,(H2,19,20,21,22)/t16-/m1/s1. The van der Waals surface area contributed by atoms with Crippen molar-refractivity contribution < 1.29 is 9.59 Å². The zero-order valence-electron chi connectivity index (χ0n) is 13.2. The number of imide groups is 1. The minimum absolute atomic E-state index is 0.311. The van der Waals surface area contributed by atoms with Crippen molar-refractivity contribution in [2.45, 2.75) is 17.9 Å². The van der Waals surface area contributed by atoms with Crippen molar-refractivity contribution in [2.24, 2.45) is 0 Å². The molecule has 0 bridgehead atoms. The molecular formula is C18H20N2O2S. The summed E-state index contributed by atoms with van der Waals surface area (Å²) >= 11 is 1.51. The molecule has 2 rings (SSSR count). The lowest BCUT2D eigenvalue weighted by Crippen LogP contribution is -2.39. The first-order valence-corrected chi connectivity index (χ1v) is 8.40. The molecule has 0 saturated heterocycles. The largest absolute Gasteiger partial charge is 0.341 e. The fourth-order valence-corrected chi connectivity index (χ4v) is 3.37. The van der Waals surface area contributed by atoms with Gasteiger partial charge in [-0.05, 0) is 23.6 Å². The summed E-state index contributed by atoms with van der Waals surface area (Å²) in [5, 5.41) is 4.34. The van der Waals surface area contributed by atoms with Crippen molar-refractivity contribution in [3.05, 3.63) is 71.3 Å². The number of rotatable bonds is 5. The van der Waals surface area contributed by atoms with E-state index in [1.54, 1.807) is 0 Å². The van der Waals surface area contributed by atoms with Crippen LogP contribution in [-0.4, -0.2) is 19.0 Å². The molecule has 23 heavy (non-hydrogen) atoms. The second kappa shape index (κ2) is 8.39. The monoisotopic (exact) mass is 328 g/mol. The fourth-order valence-electron chi connectivity index (χ4n) is 2.14. The second-order valence-corrected chi connectivity index (χ2v) is 6.19. The lowest BCUT2D eigenvalue weighted by Gasteiger charge is -2.17. The molecule has 1 atom stereocenters. The molecule has 3 amide bonds. The van der Waals surface area contributed by atoms with Gasteiger partial charge in [0.15, 0.2) is 0 Å². The predicted octanol–water partition coefficient (Wildman–Crippen LogP) is 3.43. The number of carbonyl (C=O) groups is 2. The Labute approximate surface area is 140 Å². The molecule has 0 aliphatic carbocycles. The SMILES string of the molecule is CNC(=O)NC(=O)[C@H](SCc1ccccc1C)c1ccccc1. The van der Waals surface area contributed by atoms with Crippen LogP contribution in [0.1, 0.15) is 21.9 Å². The number of thioether (sulfide) groups is 1. The summed E-state index contributed by atoms with van der Waals surface area (Å²) in [4.78, 5) is 23.9. The molecule has 0 heterocycles. The molecule has 120 valence electrons. The minimum Gasteiger partial charge on any atom is -0.341 e. The van der Waals surface area contributed by atoms with Gasteiger partial charge in [0.2, 0.25) is 5.91 Å². The van der Waals surface area contributed by atoms with E-state index < -0.39 is 11.3 Å². The number of benzene rings is 2. The maximum absolute atomic E-state index is 12.4. The maximum Gasteiger partial charge on any atom is 0.321 e. The average molecular weight is 328 g/mol. The summed E-state index contributed by atoms with van der Waals surface area (Å²) in [5.41, 5.74) is 3.26.